The van der Waals surface area contributed by atoms with Gasteiger partial charge in [-0.25, -0.2) is 0 Å². The van der Waals surface area contributed by atoms with E-state index >= 15 is 0 Å². The highest BCUT2D eigenvalue weighted by Crippen LogP contribution is 2.36. The summed E-state index contributed by atoms with van der Waals surface area (Å²) in [5, 5.41) is 23.2. The average Bonchev–Trinajstić information content (AvgIpc) is 3.40. The number of tetrazole rings is 2. The second-order valence-electron chi connectivity index (χ2n) is 6.50. The Bertz CT molecular complexity index is 1260. The van der Waals surface area contributed by atoms with Crippen LogP contribution in [0.1, 0.15) is 17.0 Å². The van der Waals surface area contributed by atoms with Crippen LogP contribution in [-0.4, -0.2) is 47.5 Å². The zero-order chi connectivity index (χ0) is 22.9. The van der Waals surface area contributed by atoms with E-state index in [1.165, 1.54) is 23.9 Å². The van der Waals surface area contributed by atoms with Gasteiger partial charge in [0.1, 0.15) is 11.4 Å². The summed E-state index contributed by atoms with van der Waals surface area (Å²) in [7, 11) is 1.53. The molecule has 9 nitrogen and oxygen atoms in total. The van der Waals surface area contributed by atoms with Crippen LogP contribution in [0, 0.1) is 6.92 Å². The van der Waals surface area contributed by atoms with Gasteiger partial charge in [-0.05, 0) is 63.7 Å². The summed E-state index contributed by atoms with van der Waals surface area (Å²) in [5.74, 6) is 0.834. The number of nitrogens with zero attached hydrogens (tertiary/aromatic N) is 8. The smallest absolute Gasteiger partial charge is 0.418 e. The molecule has 0 spiro atoms. The number of thioether (sulfide) groups is 1. The van der Waals surface area contributed by atoms with Crippen molar-refractivity contribution in [1.82, 2.24) is 40.4 Å². The quantitative estimate of drug-likeness (QED) is 0.381. The van der Waals surface area contributed by atoms with Gasteiger partial charge in [0.05, 0.1) is 24.1 Å². The molecule has 2 heterocycles. The second kappa shape index (κ2) is 8.74. The minimum Gasteiger partial charge on any atom is -0.494 e. The van der Waals surface area contributed by atoms with Gasteiger partial charge in [0.2, 0.25) is 5.16 Å². The van der Waals surface area contributed by atoms with E-state index in [1.54, 1.807) is 6.07 Å². The first-order valence-electron chi connectivity index (χ1n) is 8.98. The molecule has 32 heavy (non-hydrogen) atoms. The number of alkyl halides is 3. The Labute approximate surface area is 188 Å². The summed E-state index contributed by atoms with van der Waals surface area (Å²) in [6.45, 7) is 1.92. The van der Waals surface area contributed by atoms with E-state index in [4.69, 9.17) is 16.3 Å². The van der Waals surface area contributed by atoms with Crippen molar-refractivity contribution in [1.29, 1.82) is 0 Å². The van der Waals surface area contributed by atoms with Crippen LogP contribution < -0.4 is 4.74 Å². The van der Waals surface area contributed by atoms with Crippen LogP contribution in [0.25, 0.3) is 11.4 Å². The third-order valence-electron chi connectivity index (χ3n) is 4.36. The van der Waals surface area contributed by atoms with Gasteiger partial charge in [0.15, 0.2) is 5.82 Å². The van der Waals surface area contributed by atoms with E-state index in [9.17, 15) is 13.2 Å². The molecule has 0 aliphatic heterocycles. The van der Waals surface area contributed by atoms with Gasteiger partial charge in [0, 0.05) is 5.02 Å². The topological polar surface area (TPSA) is 96.4 Å². The van der Waals surface area contributed by atoms with Crippen molar-refractivity contribution in [3.8, 4) is 17.1 Å². The van der Waals surface area contributed by atoms with Crippen molar-refractivity contribution < 1.29 is 17.9 Å². The molecule has 0 bridgehead atoms. The summed E-state index contributed by atoms with van der Waals surface area (Å²) in [4.78, 5) is 0. The normalized spacial score (nSPS) is 11.7. The fourth-order valence-electron chi connectivity index (χ4n) is 2.92. The number of aromatic nitrogens is 8. The summed E-state index contributed by atoms with van der Waals surface area (Å²) in [6.07, 6.45) is -4.64. The van der Waals surface area contributed by atoms with Crippen LogP contribution in [0.4, 0.5) is 13.2 Å². The van der Waals surface area contributed by atoms with Gasteiger partial charge < -0.3 is 4.74 Å². The Hall–Kier alpha value is -3.19. The molecule has 4 aromatic rings. The largest absolute Gasteiger partial charge is 0.494 e. The van der Waals surface area contributed by atoms with Crippen LogP contribution in [0.15, 0.2) is 41.6 Å². The predicted molar refractivity (Wildman–Crippen MR) is 109 cm³/mol. The minimum absolute atomic E-state index is 0.0450. The molecule has 0 saturated heterocycles. The number of halogens is 4. The molecule has 0 atom stereocenters. The molecule has 14 heteroatoms. The van der Waals surface area contributed by atoms with Gasteiger partial charge in [-0.3, -0.25) is 0 Å². The zero-order valence-corrected chi connectivity index (χ0v) is 18.1. The van der Waals surface area contributed by atoms with Gasteiger partial charge in [0.25, 0.3) is 0 Å². The fraction of sp³-hybridized carbons (Fsp3) is 0.222. The number of aryl methyl sites for hydroxylation is 1. The molecule has 0 radical (unpaired) electrons. The lowest BCUT2D eigenvalue weighted by molar-refractivity contribution is -0.137. The lowest BCUT2D eigenvalue weighted by Gasteiger charge is -2.14. The number of hydrogen-bond donors (Lipinski definition) is 0. The number of methoxy groups -OCH3 is 1. The Morgan fingerprint density at radius 1 is 1.00 bits per heavy atom. The number of rotatable bonds is 6. The first kappa shape index (κ1) is 22.0. The monoisotopic (exact) mass is 482 g/mol. The van der Waals surface area contributed by atoms with E-state index in [0.717, 1.165) is 28.1 Å². The minimum atomic E-state index is -4.64. The maximum absolute atomic E-state index is 13.5. The zero-order valence-electron chi connectivity index (χ0n) is 16.6. The highest BCUT2D eigenvalue weighted by atomic mass is 35.5. The second-order valence-corrected chi connectivity index (χ2v) is 7.88. The summed E-state index contributed by atoms with van der Waals surface area (Å²) in [5.41, 5.74) is 0.413. The molecule has 166 valence electrons. The van der Waals surface area contributed by atoms with Gasteiger partial charge in [-0.1, -0.05) is 29.4 Å². The van der Waals surface area contributed by atoms with Crippen LogP contribution in [0.3, 0.4) is 0 Å². The van der Waals surface area contributed by atoms with Gasteiger partial charge >= 0.3 is 6.18 Å². The van der Waals surface area contributed by atoms with Crippen molar-refractivity contribution >= 4 is 23.4 Å². The lowest BCUT2D eigenvalue weighted by Crippen LogP contribution is -2.13. The van der Waals surface area contributed by atoms with Crippen molar-refractivity contribution in [3.63, 3.8) is 0 Å². The molecule has 0 N–H and O–H groups in total. The number of benzene rings is 2. The first-order valence-corrected chi connectivity index (χ1v) is 10.3. The molecule has 4 rings (SSSR count). The Balaban J connectivity index is 1.65. The molecule has 0 amide bonds. The van der Waals surface area contributed by atoms with E-state index < -0.39 is 11.7 Å². The van der Waals surface area contributed by atoms with E-state index in [2.05, 4.69) is 31.1 Å². The molecule has 0 aliphatic rings. The summed E-state index contributed by atoms with van der Waals surface area (Å²) >= 11 is 6.92. The standard InChI is InChI=1S/C18H14ClF3N8OS/c1-10-3-6-15(31-2)14(7-10)30-17(24-26-28-30)32-9-16-23-25-27-29(16)13-5-4-11(19)8-12(13)18(20,21)22/h3-8H,9H2,1-2H3. The van der Waals surface area contributed by atoms with Gasteiger partial charge in [-0.2, -0.15) is 22.5 Å². The maximum atomic E-state index is 13.5. The molecular formula is C18H14ClF3N8OS. The van der Waals surface area contributed by atoms with Crippen molar-refractivity contribution in [2.24, 2.45) is 0 Å². The lowest BCUT2D eigenvalue weighted by atomic mass is 10.1. The van der Waals surface area contributed by atoms with Crippen molar-refractivity contribution in [2.75, 3.05) is 7.11 Å². The van der Waals surface area contributed by atoms with Crippen LogP contribution in [0.2, 0.25) is 5.02 Å². The maximum Gasteiger partial charge on any atom is 0.418 e. The van der Waals surface area contributed by atoms with Crippen LogP contribution >= 0.6 is 23.4 Å². The highest BCUT2D eigenvalue weighted by Gasteiger charge is 2.35. The number of hydrogen-bond acceptors (Lipinski definition) is 8. The molecule has 0 fully saturated rings. The first-order chi connectivity index (χ1) is 15.3. The summed E-state index contributed by atoms with van der Waals surface area (Å²) < 4.78 is 48.4. The SMILES string of the molecule is COc1ccc(C)cc1-n1nnnc1SCc1nnnn1-c1ccc(Cl)cc1C(F)(F)F. The Kier molecular flexibility index (Phi) is 6.02. The van der Waals surface area contributed by atoms with Crippen LogP contribution in [0.5, 0.6) is 5.75 Å². The van der Waals surface area contributed by atoms with Gasteiger partial charge in [-0.15, -0.1) is 10.2 Å². The van der Waals surface area contributed by atoms with Crippen LogP contribution in [-0.2, 0) is 11.9 Å². The third-order valence-corrected chi connectivity index (χ3v) is 5.51. The molecule has 2 aromatic heterocycles. The highest BCUT2D eigenvalue weighted by molar-refractivity contribution is 7.98. The average molecular weight is 483 g/mol. The Morgan fingerprint density at radius 3 is 2.50 bits per heavy atom. The molecule has 0 saturated carbocycles. The summed E-state index contributed by atoms with van der Waals surface area (Å²) in [6, 6.07) is 8.93. The predicted octanol–water partition coefficient (Wildman–Crippen LogP) is 3.92. The third kappa shape index (κ3) is 4.39. The fourth-order valence-corrected chi connectivity index (χ4v) is 3.88. The number of ether oxygens (including phenoxy) is 1. The molecule has 0 unspecified atom stereocenters. The molecule has 2 aromatic carbocycles. The van der Waals surface area contributed by atoms with Crippen molar-refractivity contribution in [3.05, 3.63) is 58.4 Å². The van der Waals surface area contributed by atoms with E-state index in [0.29, 0.717) is 16.6 Å². The van der Waals surface area contributed by atoms with E-state index in [-0.39, 0.29) is 22.3 Å². The van der Waals surface area contributed by atoms with E-state index in [1.807, 2.05) is 19.1 Å². The molecular weight excluding hydrogens is 469 g/mol. The molecule has 0 aliphatic carbocycles. The Morgan fingerprint density at radius 2 is 1.75 bits per heavy atom. The van der Waals surface area contributed by atoms with Crippen molar-refractivity contribution in [2.45, 2.75) is 24.0 Å².